The second-order valence-electron chi connectivity index (χ2n) is 0.949. The minimum atomic E-state index is -0.348. The van der Waals surface area contributed by atoms with Gasteiger partial charge in [0.25, 0.3) is 0 Å². The fraction of sp³-hybridized carbons (Fsp3) is 0.250. The molecule has 8 heavy (non-hydrogen) atoms. The molecular formula is C4H4BrIO2. The van der Waals surface area contributed by atoms with E-state index in [1.165, 1.54) is 7.11 Å². The average molecular weight is 291 g/mol. The first kappa shape index (κ1) is 8.42. The maximum Gasteiger partial charge on any atom is 0.345 e. The first-order chi connectivity index (χ1) is 3.72. The highest BCUT2D eigenvalue weighted by Crippen LogP contribution is 2.08. The lowest BCUT2D eigenvalue weighted by atomic mass is 10.7. The molecule has 0 amide bonds. The Balaban J connectivity index is 3.83. The van der Waals surface area contributed by atoms with E-state index in [2.05, 4.69) is 20.7 Å². The molecule has 0 bridgehead atoms. The van der Waals surface area contributed by atoms with Gasteiger partial charge in [-0.05, 0) is 20.0 Å². The number of carbonyl (C=O) groups is 1. The largest absolute Gasteiger partial charge is 0.465 e. The summed E-state index contributed by atoms with van der Waals surface area (Å²) in [5.41, 5.74) is 0. The normalized spacial score (nSPS) is 11.1. The van der Waals surface area contributed by atoms with Crippen molar-refractivity contribution in [3.8, 4) is 0 Å². The Morgan fingerprint density at radius 3 is 2.50 bits per heavy atom. The molecule has 4 heteroatoms. The molecule has 0 aromatic carbocycles. The standard InChI is InChI=1S/C4H4BrIO2/c1-8-4(7)3(5)2-6/h2H,1H3. The first-order valence-electron chi connectivity index (χ1n) is 1.76. The predicted octanol–water partition coefficient (Wildman–Crippen LogP) is 1.83. The zero-order valence-electron chi connectivity index (χ0n) is 4.15. The van der Waals surface area contributed by atoms with Crippen LogP contribution in [0, 0.1) is 0 Å². The Morgan fingerprint density at radius 1 is 1.88 bits per heavy atom. The molecule has 0 aliphatic rings. The number of methoxy groups -OCH3 is 1. The van der Waals surface area contributed by atoms with Crippen LogP contribution in [0.2, 0.25) is 0 Å². The Hall–Kier alpha value is 0.420. The summed E-state index contributed by atoms with van der Waals surface area (Å²) in [6.45, 7) is 0. The molecule has 0 heterocycles. The van der Waals surface area contributed by atoms with Crippen LogP contribution < -0.4 is 0 Å². The van der Waals surface area contributed by atoms with E-state index in [-0.39, 0.29) is 5.97 Å². The molecule has 0 unspecified atom stereocenters. The van der Waals surface area contributed by atoms with E-state index >= 15 is 0 Å². The van der Waals surface area contributed by atoms with Gasteiger partial charge in [0.1, 0.15) is 4.48 Å². The highest BCUT2D eigenvalue weighted by atomic mass is 127. The number of esters is 1. The molecule has 0 N–H and O–H groups in total. The number of hydrogen-bond acceptors (Lipinski definition) is 2. The lowest BCUT2D eigenvalue weighted by molar-refractivity contribution is -0.135. The minimum absolute atomic E-state index is 0.348. The second kappa shape index (κ2) is 4.31. The number of halogens is 2. The van der Waals surface area contributed by atoms with Crippen molar-refractivity contribution >= 4 is 44.5 Å². The highest BCUT2D eigenvalue weighted by molar-refractivity contribution is 14.1. The van der Waals surface area contributed by atoms with Crippen LogP contribution in [0.5, 0.6) is 0 Å². The zero-order chi connectivity index (χ0) is 6.57. The molecule has 0 aliphatic heterocycles. The van der Waals surface area contributed by atoms with Crippen LogP contribution in [0.4, 0.5) is 0 Å². The van der Waals surface area contributed by atoms with Crippen LogP contribution >= 0.6 is 38.5 Å². The van der Waals surface area contributed by atoms with Gasteiger partial charge in [-0.1, -0.05) is 22.6 Å². The van der Waals surface area contributed by atoms with Crippen molar-refractivity contribution in [1.29, 1.82) is 0 Å². The van der Waals surface area contributed by atoms with Crippen LogP contribution in [0.3, 0.4) is 0 Å². The maximum atomic E-state index is 10.4. The molecule has 0 spiro atoms. The summed E-state index contributed by atoms with van der Waals surface area (Å²) in [6, 6.07) is 0. The van der Waals surface area contributed by atoms with Gasteiger partial charge in [0, 0.05) is 0 Å². The van der Waals surface area contributed by atoms with Crippen LogP contribution in [-0.2, 0) is 9.53 Å². The number of rotatable bonds is 1. The highest BCUT2D eigenvalue weighted by Gasteiger charge is 2.01. The van der Waals surface area contributed by atoms with E-state index < -0.39 is 0 Å². The summed E-state index contributed by atoms with van der Waals surface area (Å²) >= 11 is 4.92. The van der Waals surface area contributed by atoms with Crippen molar-refractivity contribution in [2.45, 2.75) is 0 Å². The molecular weight excluding hydrogens is 287 g/mol. The smallest absolute Gasteiger partial charge is 0.345 e. The summed E-state index contributed by atoms with van der Waals surface area (Å²) in [5.74, 6) is -0.348. The third kappa shape index (κ3) is 2.66. The number of carbonyl (C=O) groups excluding carboxylic acids is 1. The van der Waals surface area contributed by atoms with E-state index in [1.807, 2.05) is 22.6 Å². The van der Waals surface area contributed by atoms with Gasteiger partial charge in [-0.3, -0.25) is 0 Å². The second-order valence-corrected chi connectivity index (χ2v) is 2.43. The third-order valence-electron chi connectivity index (χ3n) is 0.476. The van der Waals surface area contributed by atoms with Gasteiger partial charge in [-0.15, -0.1) is 0 Å². The molecule has 0 rings (SSSR count). The van der Waals surface area contributed by atoms with E-state index in [9.17, 15) is 4.79 Å². The van der Waals surface area contributed by atoms with Gasteiger partial charge in [0.2, 0.25) is 0 Å². The Labute approximate surface area is 69.5 Å². The Bertz CT molecular complexity index is 121. The zero-order valence-corrected chi connectivity index (χ0v) is 7.89. The van der Waals surface area contributed by atoms with E-state index in [0.29, 0.717) is 4.48 Å². The van der Waals surface area contributed by atoms with E-state index in [4.69, 9.17) is 0 Å². The monoisotopic (exact) mass is 290 g/mol. The Kier molecular flexibility index (Phi) is 4.54. The molecule has 0 aliphatic carbocycles. The Morgan fingerprint density at radius 2 is 2.38 bits per heavy atom. The van der Waals surface area contributed by atoms with Crippen molar-refractivity contribution in [3.05, 3.63) is 8.57 Å². The van der Waals surface area contributed by atoms with Crippen LogP contribution in [0.15, 0.2) is 8.57 Å². The van der Waals surface area contributed by atoms with Gasteiger partial charge in [-0.2, -0.15) is 0 Å². The first-order valence-corrected chi connectivity index (χ1v) is 3.80. The molecule has 2 nitrogen and oxygen atoms in total. The van der Waals surface area contributed by atoms with Gasteiger partial charge in [0.05, 0.1) is 7.11 Å². The topological polar surface area (TPSA) is 26.3 Å². The third-order valence-corrected chi connectivity index (χ3v) is 2.51. The lowest BCUT2D eigenvalue weighted by Gasteiger charge is -1.91. The molecule has 0 saturated heterocycles. The fourth-order valence-electron chi connectivity index (χ4n) is 0.142. The van der Waals surface area contributed by atoms with Crippen molar-refractivity contribution in [1.82, 2.24) is 0 Å². The summed E-state index contributed by atoms with van der Waals surface area (Å²) in [6.07, 6.45) is 0. The SMILES string of the molecule is COC(=O)C(Br)=CI. The number of hydrogen-bond donors (Lipinski definition) is 0. The van der Waals surface area contributed by atoms with E-state index in [0.717, 1.165) is 0 Å². The van der Waals surface area contributed by atoms with Crippen LogP contribution in [0.1, 0.15) is 0 Å². The van der Waals surface area contributed by atoms with E-state index in [1.54, 1.807) is 4.08 Å². The molecule has 0 atom stereocenters. The van der Waals surface area contributed by atoms with Gasteiger partial charge >= 0.3 is 5.97 Å². The predicted molar refractivity (Wildman–Crippen MR) is 43.0 cm³/mol. The molecule has 0 aromatic heterocycles. The van der Waals surface area contributed by atoms with Crippen molar-refractivity contribution in [2.75, 3.05) is 7.11 Å². The van der Waals surface area contributed by atoms with Crippen molar-refractivity contribution in [3.63, 3.8) is 0 Å². The minimum Gasteiger partial charge on any atom is -0.465 e. The van der Waals surface area contributed by atoms with Gasteiger partial charge in [0.15, 0.2) is 0 Å². The summed E-state index contributed by atoms with van der Waals surface area (Å²) < 4.78 is 6.39. The summed E-state index contributed by atoms with van der Waals surface area (Å²) in [5, 5.41) is 0. The summed E-state index contributed by atoms with van der Waals surface area (Å²) in [7, 11) is 1.34. The quantitative estimate of drug-likeness (QED) is 0.418. The molecule has 0 saturated carbocycles. The summed E-state index contributed by atoms with van der Waals surface area (Å²) in [4.78, 5) is 10.4. The number of ether oxygens (including phenoxy) is 1. The van der Waals surface area contributed by atoms with Crippen LogP contribution in [0.25, 0.3) is 0 Å². The molecule has 46 valence electrons. The van der Waals surface area contributed by atoms with Crippen LogP contribution in [-0.4, -0.2) is 13.1 Å². The van der Waals surface area contributed by atoms with Crippen molar-refractivity contribution < 1.29 is 9.53 Å². The van der Waals surface area contributed by atoms with Gasteiger partial charge < -0.3 is 4.74 Å². The van der Waals surface area contributed by atoms with Crippen molar-refractivity contribution in [2.24, 2.45) is 0 Å². The average Bonchev–Trinajstić information content (AvgIpc) is 1.84. The molecule has 0 radical (unpaired) electrons. The lowest BCUT2D eigenvalue weighted by Crippen LogP contribution is -1.97. The van der Waals surface area contributed by atoms with Gasteiger partial charge in [-0.25, -0.2) is 4.79 Å². The molecule has 0 aromatic rings. The maximum absolute atomic E-state index is 10.4. The molecule has 0 fully saturated rings. The fourth-order valence-corrected chi connectivity index (χ4v) is 0.558.